The van der Waals surface area contributed by atoms with Crippen molar-refractivity contribution in [2.45, 2.75) is 12.3 Å². The summed E-state index contributed by atoms with van der Waals surface area (Å²) in [5.74, 6) is -0.998. The minimum Gasteiger partial charge on any atom is -0.480 e. The second-order valence-corrected chi connectivity index (χ2v) is 4.51. The van der Waals surface area contributed by atoms with Gasteiger partial charge in [-0.2, -0.15) is 0 Å². The SMILES string of the molecule is CN(CC(=O)O)C(=O)CC1CNc2ccccc21. The van der Waals surface area contributed by atoms with Crippen molar-refractivity contribution in [3.05, 3.63) is 29.8 Å². The van der Waals surface area contributed by atoms with Crippen molar-refractivity contribution >= 4 is 17.6 Å². The van der Waals surface area contributed by atoms with Crippen LogP contribution in [0.2, 0.25) is 0 Å². The Labute approximate surface area is 105 Å². The highest BCUT2D eigenvalue weighted by molar-refractivity contribution is 5.82. The van der Waals surface area contributed by atoms with Gasteiger partial charge in [0, 0.05) is 31.6 Å². The second-order valence-electron chi connectivity index (χ2n) is 4.51. The summed E-state index contributed by atoms with van der Waals surface area (Å²) >= 11 is 0. The zero-order chi connectivity index (χ0) is 13.1. The van der Waals surface area contributed by atoms with Gasteiger partial charge in [-0.3, -0.25) is 9.59 Å². The summed E-state index contributed by atoms with van der Waals surface area (Å²) in [5, 5.41) is 11.9. The molecular weight excluding hydrogens is 232 g/mol. The van der Waals surface area contributed by atoms with Crippen molar-refractivity contribution in [3.63, 3.8) is 0 Å². The van der Waals surface area contributed by atoms with E-state index in [0.29, 0.717) is 6.42 Å². The van der Waals surface area contributed by atoms with Gasteiger partial charge in [0.15, 0.2) is 0 Å². The van der Waals surface area contributed by atoms with Crippen LogP contribution in [-0.2, 0) is 9.59 Å². The fourth-order valence-electron chi connectivity index (χ4n) is 2.20. The van der Waals surface area contributed by atoms with E-state index in [1.807, 2.05) is 24.3 Å². The van der Waals surface area contributed by atoms with E-state index in [-0.39, 0.29) is 18.4 Å². The molecule has 0 saturated heterocycles. The summed E-state index contributed by atoms with van der Waals surface area (Å²) in [5.41, 5.74) is 2.20. The number of carbonyl (C=O) groups is 2. The summed E-state index contributed by atoms with van der Waals surface area (Å²) in [6, 6.07) is 7.89. The zero-order valence-corrected chi connectivity index (χ0v) is 10.2. The number of hydrogen-bond donors (Lipinski definition) is 2. The third-order valence-corrected chi connectivity index (χ3v) is 3.16. The molecule has 1 aliphatic heterocycles. The number of aliphatic carboxylic acids is 1. The number of para-hydroxylation sites is 1. The van der Waals surface area contributed by atoms with Crippen LogP contribution in [0.1, 0.15) is 17.9 Å². The number of rotatable bonds is 4. The van der Waals surface area contributed by atoms with Gasteiger partial charge >= 0.3 is 5.97 Å². The Hall–Kier alpha value is -2.04. The van der Waals surface area contributed by atoms with Crippen molar-refractivity contribution in [1.82, 2.24) is 4.90 Å². The Bertz CT molecular complexity index is 473. The maximum absolute atomic E-state index is 11.9. The Morgan fingerprint density at radius 2 is 2.17 bits per heavy atom. The summed E-state index contributed by atoms with van der Waals surface area (Å²) < 4.78 is 0. The average molecular weight is 248 g/mol. The highest BCUT2D eigenvalue weighted by Gasteiger charge is 2.25. The summed E-state index contributed by atoms with van der Waals surface area (Å²) in [6.07, 6.45) is 0.341. The van der Waals surface area contributed by atoms with Crippen LogP contribution in [0.25, 0.3) is 0 Å². The average Bonchev–Trinajstić information content (AvgIpc) is 2.72. The van der Waals surface area contributed by atoms with Gasteiger partial charge in [-0.25, -0.2) is 0 Å². The Morgan fingerprint density at radius 1 is 1.44 bits per heavy atom. The van der Waals surface area contributed by atoms with E-state index in [0.717, 1.165) is 17.8 Å². The van der Waals surface area contributed by atoms with Gasteiger partial charge in [0.25, 0.3) is 0 Å². The number of anilines is 1. The van der Waals surface area contributed by atoms with Gasteiger partial charge in [-0.15, -0.1) is 0 Å². The Balaban J connectivity index is 1.99. The number of nitrogens with zero attached hydrogens (tertiary/aromatic N) is 1. The van der Waals surface area contributed by atoms with Crippen molar-refractivity contribution in [1.29, 1.82) is 0 Å². The van der Waals surface area contributed by atoms with Crippen LogP contribution in [0, 0.1) is 0 Å². The van der Waals surface area contributed by atoms with E-state index in [1.54, 1.807) is 0 Å². The number of nitrogens with one attached hydrogen (secondary N) is 1. The highest BCUT2D eigenvalue weighted by Crippen LogP contribution is 2.33. The first kappa shape index (κ1) is 12.4. The summed E-state index contributed by atoms with van der Waals surface area (Å²) in [7, 11) is 1.52. The van der Waals surface area contributed by atoms with Crippen molar-refractivity contribution in [3.8, 4) is 0 Å². The van der Waals surface area contributed by atoms with Gasteiger partial charge in [0.2, 0.25) is 5.91 Å². The van der Waals surface area contributed by atoms with E-state index in [9.17, 15) is 9.59 Å². The van der Waals surface area contributed by atoms with E-state index < -0.39 is 5.97 Å². The van der Waals surface area contributed by atoms with Gasteiger partial charge in [0.05, 0.1) is 0 Å². The molecule has 0 spiro atoms. The molecule has 0 aliphatic carbocycles. The number of carboxylic acid groups (broad SMARTS) is 1. The molecule has 5 heteroatoms. The number of hydrogen-bond acceptors (Lipinski definition) is 3. The number of fused-ring (bicyclic) bond motifs is 1. The number of amides is 1. The highest BCUT2D eigenvalue weighted by atomic mass is 16.4. The van der Waals surface area contributed by atoms with Crippen molar-refractivity contribution < 1.29 is 14.7 Å². The smallest absolute Gasteiger partial charge is 0.323 e. The molecule has 0 saturated carbocycles. The van der Waals surface area contributed by atoms with E-state index >= 15 is 0 Å². The van der Waals surface area contributed by atoms with Gasteiger partial charge in [0.1, 0.15) is 6.54 Å². The Kier molecular flexibility index (Phi) is 3.50. The van der Waals surface area contributed by atoms with Gasteiger partial charge in [-0.1, -0.05) is 18.2 Å². The van der Waals surface area contributed by atoms with Crippen LogP contribution in [-0.4, -0.2) is 42.0 Å². The number of benzene rings is 1. The minimum atomic E-state index is -0.990. The lowest BCUT2D eigenvalue weighted by molar-refractivity contribution is -0.143. The maximum Gasteiger partial charge on any atom is 0.323 e. The molecule has 2 N–H and O–H groups in total. The van der Waals surface area contributed by atoms with Crippen LogP contribution in [0.4, 0.5) is 5.69 Å². The third-order valence-electron chi connectivity index (χ3n) is 3.16. The predicted molar refractivity (Wildman–Crippen MR) is 67.6 cm³/mol. The molecule has 1 aromatic rings. The molecule has 1 atom stereocenters. The predicted octanol–water partition coefficient (Wildman–Crippen LogP) is 1.13. The molecule has 1 aliphatic rings. The summed E-state index contributed by atoms with van der Waals surface area (Å²) in [6.45, 7) is 0.479. The lowest BCUT2D eigenvalue weighted by Crippen LogP contribution is -2.33. The van der Waals surface area contributed by atoms with Crippen LogP contribution in [0.15, 0.2) is 24.3 Å². The first-order valence-electron chi connectivity index (χ1n) is 5.86. The molecule has 1 amide bonds. The van der Waals surface area contributed by atoms with Gasteiger partial charge < -0.3 is 15.3 Å². The normalized spacial score (nSPS) is 16.8. The standard InChI is InChI=1S/C13H16N2O3/c1-15(8-13(17)18)12(16)6-9-7-14-11-5-3-2-4-10(9)11/h2-5,9,14H,6-8H2,1H3,(H,17,18). The number of likely N-dealkylation sites (N-methyl/N-ethyl adjacent to an activating group) is 1. The molecule has 1 unspecified atom stereocenters. The molecule has 2 rings (SSSR count). The van der Waals surface area contributed by atoms with E-state index in [1.165, 1.54) is 11.9 Å². The number of carbonyl (C=O) groups excluding carboxylic acids is 1. The molecule has 5 nitrogen and oxygen atoms in total. The molecule has 0 fully saturated rings. The van der Waals surface area contributed by atoms with E-state index in [4.69, 9.17) is 5.11 Å². The second kappa shape index (κ2) is 5.08. The first-order chi connectivity index (χ1) is 8.58. The Morgan fingerprint density at radius 3 is 2.89 bits per heavy atom. The van der Waals surface area contributed by atoms with Crippen LogP contribution >= 0.6 is 0 Å². The van der Waals surface area contributed by atoms with Gasteiger partial charge in [-0.05, 0) is 11.6 Å². The molecule has 0 bridgehead atoms. The fraction of sp³-hybridized carbons (Fsp3) is 0.385. The maximum atomic E-state index is 11.9. The molecule has 1 aromatic carbocycles. The lowest BCUT2D eigenvalue weighted by Gasteiger charge is -2.17. The zero-order valence-electron chi connectivity index (χ0n) is 10.2. The number of carboxylic acids is 1. The first-order valence-corrected chi connectivity index (χ1v) is 5.86. The third kappa shape index (κ3) is 2.61. The lowest BCUT2D eigenvalue weighted by atomic mass is 9.97. The molecule has 1 heterocycles. The van der Waals surface area contributed by atoms with Crippen LogP contribution < -0.4 is 5.32 Å². The summed E-state index contributed by atoms with van der Waals surface area (Å²) in [4.78, 5) is 23.7. The largest absolute Gasteiger partial charge is 0.480 e. The quantitative estimate of drug-likeness (QED) is 0.838. The van der Waals surface area contributed by atoms with E-state index in [2.05, 4.69) is 5.32 Å². The molecule has 96 valence electrons. The monoisotopic (exact) mass is 248 g/mol. The minimum absolute atomic E-state index is 0.130. The molecule has 18 heavy (non-hydrogen) atoms. The molecule has 0 radical (unpaired) electrons. The van der Waals surface area contributed by atoms with Crippen LogP contribution in [0.3, 0.4) is 0 Å². The van der Waals surface area contributed by atoms with Crippen molar-refractivity contribution in [2.24, 2.45) is 0 Å². The topological polar surface area (TPSA) is 69.6 Å². The molecular formula is C13H16N2O3. The molecule has 0 aromatic heterocycles. The van der Waals surface area contributed by atoms with Crippen LogP contribution in [0.5, 0.6) is 0 Å². The van der Waals surface area contributed by atoms with Crippen molar-refractivity contribution in [2.75, 3.05) is 25.5 Å². The fourth-order valence-corrected chi connectivity index (χ4v) is 2.20.